The molecule has 3 aromatic rings. The second-order valence-corrected chi connectivity index (χ2v) is 5.03. The van der Waals surface area contributed by atoms with E-state index >= 15 is 0 Å². The number of rotatable bonds is 4. The Morgan fingerprint density at radius 2 is 1.71 bits per heavy atom. The molecule has 0 aliphatic rings. The smallest absolute Gasteiger partial charge is 0.274 e. The fourth-order valence-electron chi connectivity index (χ4n) is 2.19. The summed E-state index contributed by atoms with van der Waals surface area (Å²) < 4.78 is 0. The molecule has 0 saturated carbocycles. The van der Waals surface area contributed by atoms with Gasteiger partial charge in [0.25, 0.3) is 5.91 Å². The highest BCUT2D eigenvalue weighted by molar-refractivity contribution is 6.03. The summed E-state index contributed by atoms with van der Waals surface area (Å²) in [5.74, 6) is -0.293. The third-order valence-electron chi connectivity index (χ3n) is 3.35. The molecule has 5 heteroatoms. The molecule has 1 amide bonds. The molecule has 0 unspecified atom stereocenters. The van der Waals surface area contributed by atoms with Crippen molar-refractivity contribution in [2.45, 2.75) is 0 Å². The van der Waals surface area contributed by atoms with Gasteiger partial charge in [0.1, 0.15) is 11.8 Å². The summed E-state index contributed by atoms with van der Waals surface area (Å²) in [6, 6.07) is 21.9. The minimum absolute atomic E-state index is 0.290. The van der Waals surface area contributed by atoms with Crippen LogP contribution in [0.4, 0.5) is 17.1 Å². The maximum Gasteiger partial charge on any atom is 0.274 e. The van der Waals surface area contributed by atoms with Gasteiger partial charge in [-0.2, -0.15) is 5.26 Å². The summed E-state index contributed by atoms with van der Waals surface area (Å²) in [5.41, 5.74) is 2.90. The SMILES string of the molecule is N#Cc1ccccc1Nc1ccnc(C(=O)Nc2ccccc2)c1. The highest BCUT2D eigenvalue weighted by Crippen LogP contribution is 2.20. The van der Waals surface area contributed by atoms with E-state index in [0.717, 1.165) is 0 Å². The number of carbonyl (C=O) groups excluding carboxylic acids is 1. The van der Waals surface area contributed by atoms with Crippen LogP contribution in [0.15, 0.2) is 72.9 Å². The van der Waals surface area contributed by atoms with E-state index in [-0.39, 0.29) is 5.91 Å². The highest BCUT2D eigenvalue weighted by Gasteiger charge is 2.09. The van der Waals surface area contributed by atoms with Gasteiger partial charge in [-0.25, -0.2) is 0 Å². The van der Waals surface area contributed by atoms with Crippen LogP contribution in [-0.2, 0) is 0 Å². The van der Waals surface area contributed by atoms with E-state index in [1.807, 2.05) is 42.5 Å². The molecule has 0 aliphatic carbocycles. The molecule has 24 heavy (non-hydrogen) atoms. The van der Waals surface area contributed by atoms with Crippen LogP contribution in [0.5, 0.6) is 0 Å². The number of nitriles is 1. The van der Waals surface area contributed by atoms with Crippen molar-refractivity contribution >= 4 is 23.0 Å². The zero-order chi connectivity index (χ0) is 16.8. The largest absolute Gasteiger partial charge is 0.354 e. The lowest BCUT2D eigenvalue weighted by Crippen LogP contribution is -2.13. The van der Waals surface area contributed by atoms with E-state index in [9.17, 15) is 4.79 Å². The lowest BCUT2D eigenvalue weighted by atomic mass is 10.2. The molecule has 2 N–H and O–H groups in total. The first-order valence-electron chi connectivity index (χ1n) is 7.35. The van der Waals surface area contributed by atoms with Gasteiger partial charge in [-0.05, 0) is 36.4 Å². The summed E-state index contributed by atoms with van der Waals surface area (Å²) in [6.07, 6.45) is 1.55. The maximum atomic E-state index is 12.3. The Morgan fingerprint density at radius 3 is 2.50 bits per heavy atom. The quantitative estimate of drug-likeness (QED) is 0.764. The molecule has 5 nitrogen and oxygen atoms in total. The third kappa shape index (κ3) is 3.57. The molecular weight excluding hydrogens is 300 g/mol. The molecule has 0 fully saturated rings. The lowest BCUT2D eigenvalue weighted by molar-refractivity contribution is 0.102. The van der Waals surface area contributed by atoms with Crippen molar-refractivity contribution in [1.82, 2.24) is 4.98 Å². The summed E-state index contributed by atoms with van der Waals surface area (Å²) in [6.45, 7) is 0. The molecule has 2 aromatic carbocycles. The third-order valence-corrected chi connectivity index (χ3v) is 3.35. The average Bonchev–Trinajstić information content (AvgIpc) is 2.63. The maximum absolute atomic E-state index is 12.3. The standard InChI is InChI=1S/C19H14N4O/c20-13-14-6-4-5-9-17(14)22-16-10-11-21-18(12-16)19(24)23-15-7-2-1-3-8-15/h1-12H,(H,21,22)(H,23,24). The predicted molar refractivity (Wildman–Crippen MR) is 93.1 cm³/mol. The zero-order valence-corrected chi connectivity index (χ0v) is 12.7. The summed E-state index contributed by atoms with van der Waals surface area (Å²) in [7, 11) is 0. The number of amides is 1. The zero-order valence-electron chi connectivity index (χ0n) is 12.7. The Morgan fingerprint density at radius 1 is 0.958 bits per heavy atom. The average molecular weight is 314 g/mol. The van der Waals surface area contributed by atoms with Gasteiger partial charge >= 0.3 is 0 Å². The van der Waals surface area contributed by atoms with E-state index in [4.69, 9.17) is 5.26 Å². The van der Waals surface area contributed by atoms with Gasteiger partial charge in [-0.1, -0.05) is 30.3 Å². The van der Waals surface area contributed by atoms with Gasteiger partial charge in [0.15, 0.2) is 0 Å². The van der Waals surface area contributed by atoms with E-state index < -0.39 is 0 Å². The number of para-hydroxylation sites is 2. The molecule has 0 bridgehead atoms. The molecule has 0 atom stereocenters. The number of hydrogen-bond acceptors (Lipinski definition) is 4. The highest BCUT2D eigenvalue weighted by atomic mass is 16.1. The molecule has 116 valence electrons. The van der Waals surface area contributed by atoms with Crippen LogP contribution in [0.1, 0.15) is 16.1 Å². The topological polar surface area (TPSA) is 77.8 Å². The summed E-state index contributed by atoms with van der Waals surface area (Å²) >= 11 is 0. The van der Waals surface area contributed by atoms with Gasteiger partial charge in [-0.15, -0.1) is 0 Å². The van der Waals surface area contributed by atoms with Crippen LogP contribution >= 0.6 is 0 Å². The van der Waals surface area contributed by atoms with Crippen molar-refractivity contribution in [2.75, 3.05) is 10.6 Å². The molecular formula is C19H14N4O. The van der Waals surface area contributed by atoms with Crippen molar-refractivity contribution in [3.05, 3.63) is 84.2 Å². The van der Waals surface area contributed by atoms with Crippen LogP contribution in [0.3, 0.4) is 0 Å². The molecule has 0 saturated heterocycles. The first-order valence-corrected chi connectivity index (χ1v) is 7.35. The second kappa shape index (κ2) is 7.07. The Hall–Kier alpha value is -3.65. The fourth-order valence-corrected chi connectivity index (χ4v) is 2.19. The number of nitrogens with one attached hydrogen (secondary N) is 2. The van der Waals surface area contributed by atoms with Crippen molar-refractivity contribution in [3.8, 4) is 6.07 Å². The van der Waals surface area contributed by atoms with Crippen LogP contribution < -0.4 is 10.6 Å². The van der Waals surface area contributed by atoms with E-state index in [1.165, 1.54) is 0 Å². The van der Waals surface area contributed by atoms with E-state index in [2.05, 4.69) is 21.7 Å². The van der Waals surface area contributed by atoms with Crippen molar-refractivity contribution in [3.63, 3.8) is 0 Å². The van der Waals surface area contributed by atoms with Gasteiger partial charge in [0.05, 0.1) is 11.3 Å². The van der Waals surface area contributed by atoms with Crippen molar-refractivity contribution < 1.29 is 4.79 Å². The summed E-state index contributed by atoms with van der Waals surface area (Å²) in [5, 5.41) is 15.1. The van der Waals surface area contributed by atoms with Crippen molar-refractivity contribution in [1.29, 1.82) is 5.26 Å². The normalized spacial score (nSPS) is 9.79. The lowest BCUT2D eigenvalue weighted by Gasteiger charge is -2.09. The molecule has 0 spiro atoms. The molecule has 3 rings (SSSR count). The molecule has 1 aromatic heterocycles. The first kappa shape index (κ1) is 15.3. The molecule has 0 radical (unpaired) electrons. The van der Waals surface area contributed by atoms with Gasteiger partial charge in [-0.3, -0.25) is 9.78 Å². The van der Waals surface area contributed by atoms with Crippen LogP contribution in [-0.4, -0.2) is 10.9 Å². The number of carbonyl (C=O) groups is 1. The minimum atomic E-state index is -0.293. The van der Waals surface area contributed by atoms with Gasteiger partial charge in [0.2, 0.25) is 0 Å². The Kier molecular flexibility index (Phi) is 4.50. The Labute approximate surface area is 139 Å². The number of pyridine rings is 1. The molecule has 0 aliphatic heterocycles. The van der Waals surface area contributed by atoms with Crippen LogP contribution in [0, 0.1) is 11.3 Å². The van der Waals surface area contributed by atoms with E-state index in [1.54, 1.807) is 30.5 Å². The number of anilines is 3. The summed E-state index contributed by atoms with van der Waals surface area (Å²) in [4.78, 5) is 16.4. The van der Waals surface area contributed by atoms with E-state index in [0.29, 0.717) is 28.3 Å². The Balaban J connectivity index is 1.79. The number of hydrogen-bond donors (Lipinski definition) is 2. The van der Waals surface area contributed by atoms with Gasteiger partial charge in [0, 0.05) is 17.6 Å². The minimum Gasteiger partial charge on any atom is -0.354 e. The number of nitrogens with zero attached hydrogens (tertiary/aromatic N) is 2. The molecule has 1 heterocycles. The second-order valence-electron chi connectivity index (χ2n) is 5.03. The van der Waals surface area contributed by atoms with Crippen LogP contribution in [0.25, 0.3) is 0 Å². The fraction of sp³-hybridized carbons (Fsp3) is 0. The monoisotopic (exact) mass is 314 g/mol. The number of aromatic nitrogens is 1. The first-order chi connectivity index (χ1) is 11.8. The predicted octanol–water partition coefficient (Wildman–Crippen LogP) is 3.95. The number of benzene rings is 2. The van der Waals surface area contributed by atoms with Crippen molar-refractivity contribution in [2.24, 2.45) is 0 Å². The van der Waals surface area contributed by atoms with Crippen LogP contribution in [0.2, 0.25) is 0 Å². The van der Waals surface area contributed by atoms with Gasteiger partial charge < -0.3 is 10.6 Å². The Bertz CT molecular complexity index is 900.